The molecule has 0 spiro atoms. The van der Waals surface area contributed by atoms with Crippen LogP contribution in [0, 0.1) is 12.3 Å². The highest BCUT2D eigenvalue weighted by Crippen LogP contribution is 2.19. The average Bonchev–Trinajstić information content (AvgIpc) is 3.05. The van der Waals surface area contributed by atoms with Crippen molar-refractivity contribution in [3.8, 4) is 12.3 Å². The molecule has 0 aromatic heterocycles. The van der Waals surface area contributed by atoms with Gasteiger partial charge in [-0.2, -0.15) is 4.31 Å². The Balaban J connectivity index is 2.54. The van der Waals surface area contributed by atoms with Crippen molar-refractivity contribution in [2.75, 3.05) is 19.6 Å². The van der Waals surface area contributed by atoms with Crippen LogP contribution in [0.5, 0.6) is 0 Å². The average molecular weight is 244 g/mol. The van der Waals surface area contributed by atoms with Crippen LogP contribution >= 0.6 is 0 Å². The predicted octanol–water partition coefficient (Wildman–Crippen LogP) is 0.412. The van der Waals surface area contributed by atoms with Gasteiger partial charge in [0.05, 0.1) is 11.8 Å². The summed E-state index contributed by atoms with van der Waals surface area (Å²) in [5.41, 5.74) is 0. The van der Waals surface area contributed by atoms with E-state index in [1.165, 1.54) is 4.31 Å². The molecule has 4 nitrogen and oxygen atoms in total. The largest absolute Gasteiger partial charge is 0.313 e. The lowest BCUT2D eigenvalue weighted by molar-refractivity contribution is 0.451. The van der Waals surface area contributed by atoms with Gasteiger partial charge in [-0.25, -0.2) is 8.42 Å². The number of terminal acetylenes is 1. The molecule has 1 N–H and O–H groups in total. The van der Waals surface area contributed by atoms with Crippen LogP contribution in [0.2, 0.25) is 0 Å². The van der Waals surface area contributed by atoms with E-state index in [1.807, 2.05) is 0 Å². The third kappa shape index (κ3) is 3.48. The second-order valence-corrected chi connectivity index (χ2v) is 6.52. The highest BCUT2D eigenvalue weighted by molar-refractivity contribution is 7.89. The number of nitrogens with zero attached hydrogens (tertiary/aromatic N) is 1. The van der Waals surface area contributed by atoms with Gasteiger partial charge in [-0.3, -0.25) is 0 Å². The minimum atomic E-state index is -3.25. The van der Waals surface area contributed by atoms with Crippen molar-refractivity contribution in [3.63, 3.8) is 0 Å². The predicted molar refractivity (Wildman–Crippen MR) is 65.5 cm³/mol. The maximum Gasteiger partial charge on any atom is 0.218 e. The molecule has 0 aromatic carbocycles. The van der Waals surface area contributed by atoms with Gasteiger partial charge in [0.1, 0.15) is 0 Å². The molecule has 0 aromatic rings. The Bertz CT molecular complexity index is 355. The molecular weight excluding hydrogens is 224 g/mol. The summed E-state index contributed by atoms with van der Waals surface area (Å²) in [6, 6.07) is 0.528. The summed E-state index contributed by atoms with van der Waals surface area (Å²) in [4.78, 5) is 0. The molecule has 0 amide bonds. The fourth-order valence-electron chi connectivity index (χ4n) is 1.46. The first kappa shape index (κ1) is 13.5. The molecule has 1 atom stereocenters. The Kier molecular flexibility index (Phi) is 4.78. The summed E-state index contributed by atoms with van der Waals surface area (Å²) in [6.45, 7) is 4.63. The van der Waals surface area contributed by atoms with Crippen LogP contribution in [-0.2, 0) is 10.0 Å². The van der Waals surface area contributed by atoms with E-state index in [1.54, 1.807) is 13.8 Å². The summed E-state index contributed by atoms with van der Waals surface area (Å²) < 4.78 is 25.5. The smallest absolute Gasteiger partial charge is 0.218 e. The van der Waals surface area contributed by atoms with Gasteiger partial charge in [0.15, 0.2) is 0 Å². The molecule has 1 aliphatic carbocycles. The number of sulfonamides is 1. The van der Waals surface area contributed by atoms with Crippen LogP contribution in [0.15, 0.2) is 0 Å². The Morgan fingerprint density at radius 3 is 2.62 bits per heavy atom. The van der Waals surface area contributed by atoms with Crippen molar-refractivity contribution in [1.29, 1.82) is 0 Å². The van der Waals surface area contributed by atoms with Gasteiger partial charge in [0.2, 0.25) is 10.0 Å². The van der Waals surface area contributed by atoms with Crippen molar-refractivity contribution < 1.29 is 8.42 Å². The fourth-order valence-corrected chi connectivity index (χ4v) is 2.89. The van der Waals surface area contributed by atoms with Crippen molar-refractivity contribution in [3.05, 3.63) is 0 Å². The lowest BCUT2D eigenvalue weighted by atomic mass is 10.4. The third-order valence-electron chi connectivity index (χ3n) is 2.76. The summed E-state index contributed by atoms with van der Waals surface area (Å²) in [5, 5.41) is 2.81. The van der Waals surface area contributed by atoms with Crippen LogP contribution in [0.1, 0.15) is 26.7 Å². The lowest BCUT2D eigenvalue weighted by Gasteiger charge is -2.22. The molecule has 0 heterocycles. The molecule has 92 valence electrons. The van der Waals surface area contributed by atoms with Crippen molar-refractivity contribution in [2.24, 2.45) is 0 Å². The molecule has 16 heavy (non-hydrogen) atoms. The zero-order valence-electron chi connectivity index (χ0n) is 9.94. The van der Waals surface area contributed by atoms with E-state index in [-0.39, 0.29) is 6.54 Å². The normalized spacial score (nSPS) is 18.4. The molecular formula is C11H20N2O2S. The Morgan fingerprint density at radius 2 is 2.19 bits per heavy atom. The van der Waals surface area contributed by atoms with Crippen LogP contribution in [0.4, 0.5) is 0 Å². The van der Waals surface area contributed by atoms with Gasteiger partial charge in [-0.1, -0.05) is 12.8 Å². The van der Waals surface area contributed by atoms with Crippen LogP contribution in [0.3, 0.4) is 0 Å². The number of rotatable bonds is 7. The summed E-state index contributed by atoms with van der Waals surface area (Å²) in [5.74, 6) is 2.38. The fraction of sp³-hybridized carbons (Fsp3) is 0.818. The van der Waals surface area contributed by atoms with E-state index in [2.05, 4.69) is 11.2 Å². The Morgan fingerprint density at radius 1 is 1.56 bits per heavy atom. The highest BCUT2D eigenvalue weighted by Gasteiger charge is 2.29. The first-order valence-corrected chi connectivity index (χ1v) is 7.18. The number of nitrogens with one attached hydrogen (secondary N) is 1. The van der Waals surface area contributed by atoms with E-state index >= 15 is 0 Å². The molecule has 0 radical (unpaired) electrons. The molecule has 0 saturated heterocycles. The van der Waals surface area contributed by atoms with E-state index in [4.69, 9.17) is 6.42 Å². The molecule has 1 aliphatic rings. The summed E-state index contributed by atoms with van der Waals surface area (Å²) in [7, 11) is -3.25. The lowest BCUT2D eigenvalue weighted by Crippen LogP contribution is -2.42. The van der Waals surface area contributed by atoms with Gasteiger partial charge in [0.25, 0.3) is 0 Å². The molecule has 5 heteroatoms. The molecule has 1 fully saturated rings. The monoisotopic (exact) mass is 244 g/mol. The first-order valence-electron chi connectivity index (χ1n) is 5.68. The quantitative estimate of drug-likeness (QED) is 0.660. The van der Waals surface area contributed by atoms with E-state index in [0.717, 1.165) is 12.8 Å². The first-order chi connectivity index (χ1) is 7.52. The maximum absolute atomic E-state index is 12.1. The van der Waals surface area contributed by atoms with Crippen LogP contribution in [-0.4, -0.2) is 43.6 Å². The second-order valence-electron chi connectivity index (χ2n) is 4.17. The van der Waals surface area contributed by atoms with Gasteiger partial charge < -0.3 is 5.32 Å². The van der Waals surface area contributed by atoms with Gasteiger partial charge in [-0.15, -0.1) is 6.42 Å². The van der Waals surface area contributed by atoms with Crippen LogP contribution < -0.4 is 5.32 Å². The zero-order chi connectivity index (χ0) is 12.2. The molecule has 0 aliphatic heterocycles. The Labute approximate surface area is 98.5 Å². The van der Waals surface area contributed by atoms with E-state index in [0.29, 0.717) is 19.1 Å². The highest BCUT2D eigenvalue weighted by atomic mass is 32.2. The molecule has 1 saturated carbocycles. The van der Waals surface area contributed by atoms with Gasteiger partial charge in [0, 0.05) is 19.1 Å². The number of hydrogen-bond acceptors (Lipinski definition) is 3. The topological polar surface area (TPSA) is 49.4 Å². The standard InChI is InChI=1S/C11H20N2O2S/c1-4-8-13(5-2)16(14,15)10(3)9-12-11-6-7-11/h1,10-12H,5-9H2,2-3H3. The Hall–Kier alpha value is -0.570. The molecule has 1 unspecified atom stereocenters. The van der Waals surface area contributed by atoms with Gasteiger partial charge in [-0.05, 0) is 19.8 Å². The molecule has 1 rings (SSSR count). The zero-order valence-corrected chi connectivity index (χ0v) is 10.8. The van der Waals surface area contributed by atoms with E-state index < -0.39 is 15.3 Å². The van der Waals surface area contributed by atoms with Crippen LogP contribution in [0.25, 0.3) is 0 Å². The van der Waals surface area contributed by atoms with Crippen molar-refractivity contribution >= 4 is 10.0 Å². The maximum atomic E-state index is 12.1. The SMILES string of the molecule is C#CCN(CC)S(=O)(=O)C(C)CNC1CC1. The minimum absolute atomic E-state index is 0.159. The number of hydrogen-bond donors (Lipinski definition) is 1. The summed E-state index contributed by atoms with van der Waals surface area (Å²) in [6.07, 6.45) is 7.48. The minimum Gasteiger partial charge on any atom is -0.313 e. The molecule has 0 bridgehead atoms. The summed E-state index contributed by atoms with van der Waals surface area (Å²) >= 11 is 0. The van der Waals surface area contributed by atoms with E-state index in [9.17, 15) is 8.42 Å². The third-order valence-corrected chi connectivity index (χ3v) is 5.05. The van der Waals surface area contributed by atoms with Gasteiger partial charge >= 0.3 is 0 Å². The van der Waals surface area contributed by atoms with Crippen molar-refractivity contribution in [2.45, 2.75) is 38.0 Å². The van der Waals surface area contributed by atoms with Crippen molar-refractivity contribution in [1.82, 2.24) is 9.62 Å². The second kappa shape index (κ2) is 5.67.